The highest BCUT2D eigenvalue weighted by molar-refractivity contribution is 6.24. The average Bonchev–Trinajstić information content (AvgIpc) is 2.74. The number of phenolic OH excluding ortho intramolecular Hbond substituents is 1. The summed E-state index contributed by atoms with van der Waals surface area (Å²) < 4.78 is 5.52. The fraction of sp³-hybridized carbons (Fsp3) is 0.462. The Morgan fingerprint density at radius 3 is 2.28 bits per heavy atom. The van der Waals surface area contributed by atoms with Crippen LogP contribution in [0, 0.1) is 11.8 Å². The van der Waals surface area contributed by atoms with Crippen LogP contribution >= 0.6 is 0 Å². The van der Waals surface area contributed by atoms with Crippen LogP contribution in [0.2, 0.25) is 0 Å². The van der Waals surface area contributed by atoms with Gasteiger partial charge < -0.3 is 30.9 Å². The van der Waals surface area contributed by atoms with Crippen LogP contribution in [0.15, 0.2) is 34.8 Å². The van der Waals surface area contributed by atoms with Gasteiger partial charge in [0.1, 0.15) is 28.9 Å². The molecule has 0 unspecified atom stereocenters. The number of nitrogens with two attached hydrogens (primary N) is 1. The number of amides is 1. The molecule has 1 aromatic rings. The summed E-state index contributed by atoms with van der Waals surface area (Å²) in [5.41, 5.74) is 1.35. The van der Waals surface area contributed by atoms with Crippen molar-refractivity contribution in [3.05, 3.63) is 51.5 Å². The maximum Gasteiger partial charge on any atom is 0.302 e. The van der Waals surface area contributed by atoms with Gasteiger partial charge in [-0.15, -0.1) is 0 Å². The van der Waals surface area contributed by atoms with Gasteiger partial charge >= 0.3 is 5.97 Å². The monoisotopic (exact) mass is 499 g/mol. The lowest BCUT2D eigenvalue weighted by Crippen LogP contribution is -2.63. The van der Waals surface area contributed by atoms with E-state index in [9.17, 15) is 39.6 Å². The van der Waals surface area contributed by atoms with Crippen molar-refractivity contribution in [3.63, 3.8) is 0 Å². The molecule has 10 heteroatoms. The SMILES string of the molecule is CC(=O)O[C@H]1[C@H]2C(=C(O)[C@]3(O)C(=O)C(C(N)=O)=C(O)C[C@H]13)C(=O)c1c(ccc(C(C)(C)C)c1O)[C@@H]2C. The van der Waals surface area contributed by atoms with Gasteiger partial charge in [0.05, 0.1) is 5.56 Å². The largest absolute Gasteiger partial charge is 0.511 e. The number of carbonyl (C=O) groups is 4. The summed E-state index contributed by atoms with van der Waals surface area (Å²) in [6.45, 7) is 8.35. The number of ketones is 2. The third-order valence-corrected chi connectivity index (χ3v) is 7.58. The third kappa shape index (κ3) is 3.27. The van der Waals surface area contributed by atoms with Crippen molar-refractivity contribution in [1.29, 1.82) is 0 Å². The number of hydrogen-bond donors (Lipinski definition) is 5. The molecule has 192 valence electrons. The van der Waals surface area contributed by atoms with Crippen LogP contribution < -0.4 is 5.73 Å². The van der Waals surface area contributed by atoms with Crippen LogP contribution in [0.3, 0.4) is 0 Å². The second kappa shape index (κ2) is 7.92. The summed E-state index contributed by atoms with van der Waals surface area (Å²) in [5, 5.41) is 44.4. The Morgan fingerprint density at radius 1 is 1.14 bits per heavy atom. The van der Waals surface area contributed by atoms with E-state index in [0.717, 1.165) is 6.92 Å². The molecule has 0 bridgehead atoms. The van der Waals surface area contributed by atoms with Gasteiger partial charge in [0.2, 0.25) is 5.78 Å². The Kier molecular flexibility index (Phi) is 5.60. The van der Waals surface area contributed by atoms with Crippen LogP contribution in [-0.2, 0) is 24.5 Å². The van der Waals surface area contributed by atoms with Crippen LogP contribution in [0.25, 0.3) is 0 Å². The number of aliphatic hydroxyl groups is 3. The quantitative estimate of drug-likeness (QED) is 0.300. The van der Waals surface area contributed by atoms with Crippen LogP contribution in [0.1, 0.15) is 68.4 Å². The molecule has 1 aromatic carbocycles. The fourth-order valence-electron chi connectivity index (χ4n) is 5.92. The van der Waals surface area contributed by atoms with Crippen molar-refractivity contribution in [2.45, 2.75) is 64.1 Å². The number of aliphatic hydroxyl groups excluding tert-OH is 2. The standard InChI is InChI=1S/C26H29NO9/c1-9-11-6-7-12(25(3,4)5)19(30)16(11)20(31)18-15(9)21(36-10(2)28)13-8-14(29)17(24(27)34)22(32)26(13,35)23(18)33/h6-7,9,13,15,21,29-30,33,35H,8H2,1-5H3,(H2,27,34)/t9-,13+,15+,21+,26+/m0/s1. The Bertz CT molecular complexity index is 1300. The van der Waals surface area contributed by atoms with Crippen LogP contribution in [0.4, 0.5) is 0 Å². The summed E-state index contributed by atoms with van der Waals surface area (Å²) >= 11 is 0. The molecular formula is C26H29NO9. The van der Waals surface area contributed by atoms with Crippen molar-refractivity contribution in [1.82, 2.24) is 0 Å². The zero-order chi connectivity index (χ0) is 27.1. The Morgan fingerprint density at radius 2 is 1.75 bits per heavy atom. The van der Waals surface area contributed by atoms with E-state index in [4.69, 9.17) is 10.5 Å². The minimum absolute atomic E-state index is 0.0897. The second-order valence-corrected chi connectivity index (χ2v) is 10.7. The highest BCUT2D eigenvalue weighted by atomic mass is 16.5. The molecule has 3 aliphatic carbocycles. The van der Waals surface area contributed by atoms with Crippen LogP contribution in [0.5, 0.6) is 5.75 Å². The number of rotatable bonds is 2. The van der Waals surface area contributed by atoms with E-state index >= 15 is 0 Å². The number of hydrogen-bond acceptors (Lipinski definition) is 9. The second-order valence-electron chi connectivity index (χ2n) is 10.7. The molecule has 0 aliphatic heterocycles. The first-order chi connectivity index (χ1) is 16.5. The van der Waals surface area contributed by atoms with Gasteiger partial charge in [-0.2, -0.15) is 0 Å². The first-order valence-electron chi connectivity index (χ1n) is 11.6. The molecule has 0 saturated heterocycles. The van der Waals surface area contributed by atoms with E-state index in [0.29, 0.717) is 11.1 Å². The molecule has 6 N–H and O–H groups in total. The third-order valence-electron chi connectivity index (χ3n) is 7.58. The van der Waals surface area contributed by atoms with Crippen molar-refractivity contribution in [2.75, 3.05) is 0 Å². The summed E-state index contributed by atoms with van der Waals surface area (Å²) in [5.74, 6) is -9.42. The van der Waals surface area contributed by atoms with E-state index in [2.05, 4.69) is 0 Å². The number of carbonyl (C=O) groups excluding carboxylic acids is 4. The van der Waals surface area contributed by atoms with Crippen LogP contribution in [-0.4, -0.2) is 55.6 Å². The highest BCUT2D eigenvalue weighted by Crippen LogP contribution is 2.56. The molecule has 0 fully saturated rings. The number of ether oxygens (including phenoxy) is 1. The van der Waals surface area contributed by atoms with Crippen molar-refractivity contribution in [3.8, 4) is 5.75 Å². The van der Waals surface area contributed by atoms with Gasteiger partial charge in [-0.05, 0) is 16.9 Å². The number of allylic oxidation sites excluding steroid dienone is 1. The lowest BCUT2D eigenvalue weighted by Gasteiger charge is -2.51. The number of esters is 1. The maximum absolute atomic E-state index is 13.8. The van der Waals surface area contributed by atoms with Crippen molar-refractivity contribution < 1.29 is 44.3 Å². The Labute approximate surface area is 207 Å². The Balaban J connectivity index is 2.05. The lowest BCUT2D eigenvalue weighted by molar-refractivity contribution is -0.173. The molecule has 4 rings (SSSR count). The number of primary amides is 1. The summed E-state index contributed by atoms with van der Waals surface area (Å²) in [4.78, 5) is 51.1. The van der Waals surface area contributed by atoms with E-state index in [1.54, 1.807) is 19.1 Å². The highest BCUT2D eigenvalue weighted by Gasteiger charge is 2.65. The van der Waals surface area contributed by atoms with Gasteiger partial charge in [-0.25, -0.2) is 0 Å². The van der Waals surface area contributed by atoms with Crippen molar-refractivity contribution in [2.24, 2.45) is 17.6 Å². The molecule has 10 nitrogen and oxygen atoms in total. The molecule has 0 radical (unpaired) electrons. The van der Waals surface area contributed by atoms with Gasteiger partial charge in [-0.3, -0.25) is 19.2 Å². The molecule has 0 heterocycles. The van der Waals surface area contributed by atoms with Gasteiger partial charge in [0.25, 0.3) is 5.91 Å². The lowest BCUT2D eigenvalue weighted by atomic mass is 9.56. The van der Waals surface area contributed by atoms with E-state index in [1.165, 1.54) is 0 Å². The molecular weight excluding hydrogens is 470 g/mol. The number of Topliss-reactive ketones (excluding diaryl/α,β-unsaturated/α-hetero) is 2. The fourth-order valence-corrected chi connectivity index (χ4v) is 5.92. The van der Waals surface area contributed by atoms with Crippen molar-refractivity contribution >= 4 is 23.4 Å². The first-order valence-corrected chi connectivity index (χ1v) is 11.6. The number of benzene rings is 1. The maximum atomic E-state index is 13.8. The van der Waals surface area contributed by atoms with Gasteiger partial charge in [0, 0.05) is 36.3 Å². The van der Waals surface area contributed by atoms with E-state index in [1.807, 2.05) is 20.8 Å². The predicted molar refractivity (Wildman–Crippen MR) is 125 cm³/mol. The number of fused-ring (bicyclic) bond motifs is 3. The minimum Gasteiger partial charge on any atom is -0.511 e. The Hall–Kier alpha value is -3.66. The molecule has 36 heavy (non-hydrogen) atoms. The zero-order valence-corrected chi connectivity index (χ0v) is 20.6. The number of phenols is 1. The molecule has 1 amide bonds. The zero-order valence-electron chi connectivity index (χ0n) is 20.6. The molecule has 0 spiro atoms. The van der Waals surface area contributed by atoms with E-state index in [-0.39, 0.29) is 11.3 Å². The summed E-state index contributed by atoms with van der Waals surface area (Å²) in [6.07, 6.45) is -1.86. The molecule has 0 saturated carbocycles. The predicted octanol–water partition coefficient (Wildman–Crippen LogP) is 1.98. The molecule has 3 aliphatic rings. The smallest absolute Gasteiger partial charge is 0.302 e. The normalized spacial score (nSPS) is 29.9. The van der Waals surface area contributed by atoms with Gasteiger partial charge in [-0.1, -0.05) is 39.8 Å². The number of aromatic hydroxyl groups is 1. The van der Waals surface area contributed by atoms with Gasteiger partial charge in [0.15, 0.2) is 11.4 Å². The average molecular weight is 500 g/mol. The summed E-state index contributed by atoms with van der Waals surface area (Å²) in [7, 11) is 0. The minimum atomic E-state index is -2.87. The first kappa shape index (κ1) is 25.4. The van der Waals surface area contributed by atoms with E-state index < -0.39 is 87.4 Å². The topological polar surface area (TPSA) is 184 Å². The molecule has 0 aromatic heterocycles. The summed E-state index contributed by atoms with van der Waals surface area (Å²) in [6, 6.07) is 3.39. The molecule has 5 atom stereocenters.